The number of sulfonamides is 1. The predicted octanol–water partition coefficient (Wildman–Crippen LogP) is 4.26. The zero-order chi connectivity index (χ0) is 26.0. The number of amides is 2. The van der Waals surface area contributed by atoms with Gasteiger partial charge >= 0.3 is 0 Å². The quantitative estimate of drug-likeness (QED) is 0.444. The molecule has 0 saturated carbocycles. The summed E-state index contributed by atoms with van der Waals surface area (Å²) >= 11 is 0. The number of nitrogens with one attached hydrogen (secondary N) is 1. The molecular weight excluding hydrogens is 462 g/mol. The van der Waals surface area contributed by atoms with E-state index in [2.05, 4.69) is 5.32 Å². The molecule has 1 N–H and O–H groups in total. The molecular formula is C27H39N3O4S. The highest BCUT2D eigenvalue weighted by Crippen LogP contribution is 2.20. The maximum atomic E-state index is 13.4. The molecule has 0 bridgehead atoms. The highest BCUT2D eigenvalue weighted by Gasteiger charge is 2.29. The molecule has 0 aliphatic rings. The van der Waals surface area contributed by atoms with Gasteiger partial charge in [-0.15, -0.1) is 0 Å². The van der Waals surface area contributed by atoms with Crippen LogP contribution in [0.3, 0.4) is 0 Å². The number of carbonyl (C=O) groups is 2. The molecule has 0 aliphatic heterocycles. The van der Waals surface area contributed by atoms with Crippen LogP contribution in [-0.4, -0.2) is 50.0 Å². The lowest BCUT2D eigenvalue weighted by atomic mass is 10.1. The lowest BCUT2D eigenvalue weighted by Gasteiger charge is -2.32. The van der Waals surface area contributed by atoms with Gasteiger partial charge in [0.1, 0.15) is 6.04 Å². The van der Waals surface area contributed by atoms with Crippen LogP contribution < -0.4 is 9.62 Å². The molecule has 0 radical (unpaired) electrons. The minimum absolute atomic E-state index is 0.0167. The van der Waals surface area contributed by atoms with Crippen molar-refractivity contribution in [3.05, 3.63) is 65.7 Å². The fourth-order valence-electron chi connectivity index (χ4n) is 3.86. The van der Waals surface area contributed by atoms with Gasteiger partial charge < -0.3 is 10.2 Å². The zero-order valence-electron chi connectivity index (χ0n) is 21.5. The van der Waals surface area contributed by atoms with Crippen LogP contribution >= 0.6 is 0 Å². The smallest absolute Gasteiger partial charge is 0.243 e. The first-order valence-corrected chi connectivity index (χ1v) is 14.1. The molecule has 0 unspecified atom stereocenters. The summed E-state index contributed by atoms with van der Waals surface area (Å²) in [6.45, 7) is 8.28. The Morgan fingerprint density at radius 2 is 1.60 bits per heavy atom. The number of hydrogen-bond acceptors (Lipinski definition) is 4. The van der Waals surface area contributed by atoms with E-state index in [1.54, 1.807) is 17.0 Å². The van der Waals surface area contributed by atoms with Gasteiger partial charge in [-0.1, -0.05) is 61.9 Å². The topological polar surface area (TPSA) is 86.8 Å². The molecule has 0 fully saturated rings. The van der Waals surface area contributed by atoms with Crippen LogP contribution in [0.4, 0.5) is 5.69 Å². The first-order valence-electron chi connectivity index (χ1n) is 12.2. The van der Waals surface area contributed by atoms with Crippen LogP contribution in [-0.2, 0) is 26.2 Å². The standard InChI is InChI=1S/C27H39N3O4S/c1-6-22(4)28-27(32)25(7-2)29(20-23-12-9-8-10-13-23)26(31)14-11-19-30(35(5,33)34)24-17-15-21(3)16-18-24/h8-10,12-13,15-18,22,25H,6-7,11,14,19-20H2,1-5H3,(H,28,32)/t22-,25+/m1/s1. The zero-order valence-corrected chi connectivity index (χ0v) is 22.3. The highest BCUT2D eigenvalue weighted by atomic mass is 32.2. The van der Waals surface area contributed by atoms with Gasteiger partial charge in [0.2, 0.25) is 21.8 Å². The average Bonchev–Trinajstić information content (AvgIpc) is 2.82. The summed E-state index contributed by atoms with van der Waals surface area (Å²) in [7, 11) is -3.50. The second-order valence-corrected chi connectivity index (χ2v) is 10.9. The SMILES string of the molecule is CC[C@@H](C)NC(=O)[C@H](CC)N(Cc1ccccc1)C(=O)CCCN(c1ccc(C)cc1)S(C)(=O)=O. The van der Waals surface area contributed by atoms with Gasteiger partial charge in [-0.05, 0) is 50.8 Å². The fraction of sp³-hybridized carbons (Fsp3) is 0.481. The van der Waals surface area contributed by atoms with Crippen molar-refractivity contribution in [3.8, 4) is 0 Å². The summed E-state index contributed by atoms with van der Waals surface area (Å²) in [6, 6.07) is 16.3. The Labute approximate surface area is 210 Å². The number of nitrogens with zero attached hydrogens (tertiary/aromatic N) is 2. The van der Waals surface area contributed by atoms with Gasteiger partial charge in [-0.25, -0.2) is 8.42 Å². The van der Waals surface area contributed by atoms with Crippen molar-refractivity contribution >= 4 is 27.5 Å². The monoisotopic (exact) mass is 501 g/mol. The molecule has 0 heterocycles. The van der Waals surface area contributed by atoms with Crippen molar-refractivity contribution in [1.82, 2.24) is 10.2 Å². The Bertz CT molecular complexity index is 1060. The van der Waals surface area contributed by atoms with Crippen molar-refractivity contribution in [2.24, 2.45) is 0 Å². The second kappa shape index (κ2) is 13.3. The number of benzene rings is 2. The predicted molar refractivity (Wildman–Crippen MR) is 142 cm³/mol. The van der Waals surface area contributed by atoms with Crippen LogP contribution in [0.25, 0.3) is 0 Å². The summed E-state index contributed by atoms with van der Waals surface area (Å²) in [6.07, 6.45) is 2.93. The number of carbonyl (C=O) groups excluding carboxylic acids is 2. The van der Waals surface area contributed by atoms with Gasteiger partial charge in [0.15, 0.2) is 0 Å². The van der Waals surface area contributed by atoms with Crippen molar-refractivity contribution in [2.75, 3.05) is 17.1 Å². The number of hydrogen-bond donors (Lipinski definition) is 1. The van der Waals surface area contributed by atoms with Gasteiger partial charge in [0, 0.05) is 25.6 Å². The normalized spacial score (nSPS) is 13.1. The number of aryl methyl sites for hydroxylation is 1. The molecule has 0 aliphatic carbocycles. The Hall–Kier alpha value is -2.87. The molecule has 2 rings (SSSR count). The van der Waals surface area contributed by atoms with Crippen LogP contribution in [0.5, 0.6) is 0 Å². The van der Waals surface area contributed by atoms with Crippen LogP contribution in [0, 0.1) is 6.92 Å². The Morgan fingerprint density at radius 3 is 2.14 bits per heavy atom. The van der Waals surface area contributed by atoms with Crippen molar-refractivity contribution in [3.63, 3.8) is 0 Å². The molecule has 2 aromatic carbocycles. The molecule has 35 heavy (non-hydrogen) atoms. The minimum Gasteiger partial charge on any atom is -0.352 e. The lowest BCUT2D eigenvalue weighted by Crippen LogP contribution is -2.50. The summed E-state index contributed by atoms with van der Waals surface area (Å²) in [5.41, 5.74) is 2.55. The molecule has 0 saturated heterocycles. The third-order valence-electron chi connectivity index (χ3n) is 6.06. The van der Waals surface area contributed by atoms with Crippen molar-refractivity contribution < 1.29 is 18.0 Å². The van der Waals surface area contributed by atoms with Crippen molar-refractivity contribution in [1.29, 1.82) is 0 Å². The third kappa shape index (κ3) is 8.69. The number of anilines is 1. The van der Waals surface area contributed by atoms with Crippen LogP contribution in [0.15, 0.2) is 54.6 Å². The molecule has 2 atom stereocenters. The summed E-state index contributed by atoms with van der Waals surface area (Å²) in [4.78, 5) is 28.0. The Balaban J connectivity index is 2.18. The minimum atomic E-state index is -3.50. The van der Waals surface area contributed by atoms with Gasteiger partial charge in [-0.2, -0.15) is 0 Å². The second-order valence-electron chi connectivity index (χ2n) is 9.02. The molecule has 8 heteroatoms. The molecule has 2 amide bonds. The summed E-state index contributed by atoms with van der Waals surface area (Å²) < 4.78 is 26.2. The van der Waals surface area contributed by atoms with Gasteiger partial charge in [0.25, 0.3) is 0 Å². The van der Waals surface area contributed by atoms with E-state index < -0.39 is 16.1 Å². The fourth-order valence-corrected chi connectivity index (χ4v) is 4.82. The van der Waals surface area contributed by atoms with E-state index in [0.29, 0.717) is 25.1 Å². The van der Waals surface area contributed by atoms with Gasteiger partial charge in [0.05, 0.1) is 11.9 Å². The van der Waals surface area contributed by atoms with Crippen LogP contribution in [0.2, 0.25) is 0 Å². The molecule has 0 spiro atoms. The maximum absolute atomic E-state index is 13.4. The maximum Gasteiger partial charge on any atom is 0.243 e. The first-order chi connectivity index (χ1) is 16.6. The lowest BCUT2D eigenvalue weighted by molar-refractivity contribution is -0.141. The first kappa shape index (κ1) is 28.4. The number of rotatable bonds is 13. The Kier molecular flexibility index (Phi) is 10.8. The van der Waals surface area contributed by atoms with E-state index in [9.17, 15) is 18.0 Å². The molecule has 0 aromatic heterocycles. The summed E-state index contributed by atoms with van der Waals surface area (Å²) in [5, 5.41) is 3.00. The van der Waals surface area contributed by atoms with E-state index in [1.165, 1.54) is 10.6 Å². The summed E-state index contributed by atoms with van der Waals surface area (Å²) in [5.74, 6) is -0.332. The Morgan fingerprint density at radius 1 is 0.971 bits per heavy atom. The van der Waals surface area contributed by atoms with E-state index in [1.807, 2.05) is 70.2 Å². The van der Waals surface area contributed by atoms with Crippen molar-refractivity contribution in [2.45, 2.75) is 72.0 Å². The third-order valence-corrected chi connectivity index (χ3v) is 7.25. The van der Waals surface area contributed by atoms with E-state index in [0.717, 1.165) is 17.5 Å². The van der Waals surface area contributed by atoms with Gasteiger partial charge in [-0.3, -0.25) is 13.9 Å². The van der Waals surface area contributed by atoms with E-state index in [4.69, 9.17) is 0 Å². The van der Waals surface area contributed by atoms with Crippen LogP contribution in [0.1, 0.15) is 57.6 Å². The molecule has 7 nitrogen and oxygen atoms in total. The average molecular weight is 502 g/mol. The molecule has 2 aromatic rings. The molecule has 192 valence electrons. The van der Waals surface area contributed by atoms with E-state index >= 15 is 0 Å². The highest BCUT2D eigenvalue weighted by molar-refractivity contribution is 7.92. The van der Waals surface area contributed by atoms with E-state index in [-0.39, 0.29) is 30.8 Å². The largest absolute Gasteiger partial charge is 0.352 e.